The van der Waals surface area contributed by atoms with Crippen molar-refractivity contribution in [3.05, 3.63) is 58.1 Å². The molecule has 1 aliphatic rings. The van der Waals surface area contributed by atoms with E-state index in [1.165, 1.54) is 18.8 Å². The number of ether oxygens (including phenoxy) is 2. The zero-order chi connectivity index (χ0) is 28.4. The highest BCUT2D eigenvalue weighted by Gasteiger charge is 2.22. The SMILES string of the molecule is CCN1CCN(C(=O)c2ccc3[nH]c(C(=O)CCCn4c(N)c5cc(OC)c(OC)cc5nc4=O)cc3c2)CC1. The number of H-pyrrole nitrogens is 1. The van der Waals surface area contributed by atoms with E-state index in [1.54, 1.807) is 24.3 Å². The van der Waals surface area contributed by atoms with Crippen LogP contribution in [0.5, 0.6) is 11.5 Å². The molecule has 0 spiro atoms. The number of ketones is 1. The maximum atomic E-state index is 13.0. The van der Waals surface area contributed by atoms with Crippen LogP contribution in [0.2, 0.25) is 0 Å². The number of piperazine rings is 1. The number of aromatic nitrogens is 3. The van der Waals surface area contributed by atoms with Crippen molar-refractivity contribution in [1.82, 2.24) is 24.3 Å². The summed E-state index contributed by atoms with van der Waals surface area (Å²) >= 11 is 0. The number of fused-ring (bicyclic) bond motifs is 2. The first-order chi connectivity index (χ1) is 19.3. The summed E-state index contributed by atoms with van der Waals surface area (Å²) in [6.45, 7) is 6.53. The molecule has 1 amide bonds. The molecule has 1 aliphatic heterocycles. The van der Waals surface area contributed by atoms with Crippen LogP contribution < -0.4 is 20.9 Å². The van der Waals surface area contributed by atoms with Crippen molar-refractivity contribution in [2.45, 2.75) is 26.3 Å². The average molecular weight is 547 g/mol. The van der Waals surface area contributed by atoms with Crippen molar-refractivity contribution in [3.8, 4) is 11.5 Å². The molecule has 1 fully saturated rings. The van der Waals surface area contributed by atoms with Gasteiger partial charge < -0.3 is 30.0 Å². The molecule has 0 unspecified atom stereocenters. The van der Waals surface area contributed by atoms with Gasteiger partial charge in [0.25, 0.3) is 5.91 Å². The van der Waals surface area contributed by atoms with Gasteiger partial charge in [-0.25, -0.2) is 4.79 Å². The number of benzene rings is 2. The highest BCUT2D eigenvalue weighted by molar-refractivity contribution is 6.02. The number of amides is 1. The van der Waals surface area contributed by atoms with Gasteiger partial charge in [-0.15, -0.1) is 0 Å². The summed E-state index contributed by atoms with van der Waals surface area (Å²) in [5, 5.41) is 1.38. The second kappa shape index (κ2) is 11.4. The van der Waals surface area contributed by atoms with Crippen LogP contribution in [0.1, 0.15) is 40.6 Å². The summed E-state index contributed by atoms with van der Waals surface area (Å²) in [6.07, 6.45) is 0.600. The van der Waals surface area contributed by atoms with E-state index >= 15 is 0 Å². The van der Waals surface area contributed by atoms with Crippen molar-refractivity contribution >= 4 is 39.3 Å². The van der Waals surface area contributed by atoms with E-state index in [4.69, 9.17) is 15.2 Å². The predicted octanol–water partition coefficient (Wildman–Crippen LogP) is 2.92. The molecule has 11 nitrogen and oxygen atoms in total. The van der Waals surface area contributed by atoms with Crippen LogP contribution in [0.4, 0.5) is 5.82 Å². The second-order valence-electron chi connectivity index (χ2n) is 9.89. The van der Waals surface area contributed by atoms with Crippen molar-refractivity contribution in [2.24, 2.45) is 0 Å². The molecule has 4 aromatic rings. The van der Waals surface area contributed by atoms with Crippen molar-refractivity contribution in [2.75, 3.05) is 52.7 Å². The number of carbonyl (C=O) groups is 2. The molecule has 0 atom stereocenters. The van der Waals surface area contributed by atoms with Gasteiger partial charge in [0.15, 0.2) is 17.3 Å². The van der Waals surface area contributed by atoms with Crippen LogP contribution in [0.25, 0.3) is 21.8 Å². The van der Waals surface area contributed by atoms with Crippen molar-refractivity contribution < 1.29 is 19.1 Å². The third kappa shape index (κ3) is 5.24. The molecule has 210 valence electrons. The molecule has 40 heavy (non-hydrogen) atoms. The van der Waals surface area contributed by atoms with E-state index in [0.717, 1.165) is 30.5 Å². The summed E-state index contributed by atoms with van der Waals surface area (Å²) in [5.74, 6) is 1.10. The number of likely N-dealkylation sites (N-methyl/N-ethyl adjacent to an activating group) is 1. The topological polar surface area (TPSA) is 136 Å². The number of nitrogen functional groups attached to an aromatic ring is 1. The Bertz CT molecular complexity index is 1630. The molecule has 3 N–H and O–H groups in total. The van der Waals surface area contributed by atoms with Gasteiger partial charge in [-0.05, 0) is 43.3 Å². The number of nitrogens with zero attached hydrogens (tertiary/aromatic N) is 4. The molecular weight excluding hydrogens is 512 g/mol. The minimum atomic E-state index is -0.497. The molecule has 5 rings (SSSR count). The number of carbonyl (C=O) groups excluding carboxylic acids is 2. The van der Waals surface area contributed by atoms with E-state index in [0.29, 0.717) is 53.2 Å². The lowest BCUT2D eigenvalue weighted by atomic mass is 10.1. The molecule has 11 heteroatoms. The minimum absolute atomic E-state index is 0.00909. The lowest BCUT2D eigenvalue weighted by Gasteiger charge is -2.34. The molecule has 0 bridgehead atoms. The number of nitrogens with two attached hydrogens (primary N) is 1. The maximum Gasteiger partial charge on any atom is 0.349 e. The Labute approximate surface area is 231 Å². The zero-order valence-electron chi connectivity index (χ0n) is 23.0. The predicted molar refractivity (Wildman–Crippen MR) is 153 cm³/mol. The molecule has 2 aromatic heterocycles. The molecular formula is C29H34N6O5. The van der Waals surface area contributed by atoms with E-state index in [2.05, 4.69) is 21.8 Å². The molecule has 3 heterocycles. The summed E-state index contributed by atoms with van der Waals surface area (Å²) < 4.78 is 12.0. The van der Waals surface area contributed by atoms with Gasteiger partial charge in [-0.2, -0.15) is 4.98 Å². The van der Waals surface area contributed by atoms with E-state index in [9.17, 15) is 14.4 Å². The minimum Gasteiger partial charge on any atom is -0.493 e. The van der Waals surface area contributed by atoms with Gasteiger partial charge in [0.1, 0.15) is 5.82 Å². The van der Waals surface area contributed by atoms with Gasteiger partial charge in [0.05, 0.1) is 25.4 Å². The van der Waals surface area contributed by atoms with Gasteiger partial charge in [0, 0.05) is 67.1 Å². The highest BCUT2D eigenvalue weighted by Crippen LogP contribution is 2.33. The van der Waals surface area contributed by atoms with Crippen molar-refractivity contribution in [3.63, 3.8) is 0 Å². The molecule has 1 saturated heterocycles. The van der Waals surface area contributed by atoms with Crippen LogP contribution in [-0.4, -0.2) is 83.0 Å². The van der Waals surface area contributed by atoms with Crippen LogP contribution in [-0.2, 0) is 6.54 Å². The Morgan fingerprint density at radius 3 is 2.45 bits per heavy atom. The molecule has 0 aliphatic carbocycles. The number of rotatable bonds is 9. The summed E-state index contributed by atoms with van der Waals surface area (Å²) in [7, 11) is 3.03. The first kappa shape index (κ1) is 27.2. The number of hydrogen-bond donors (Lipinski definition) is 2. The van der Waals surface area contributed by atoms with Crippen LogP contribution in [0, 0.1) is 0 Å². The molecule has 2 aromatic carbocycles. The average Bonchev–Trinajstić information content (AvgIpc) is 3.41. The second-order valence-corrected chi connectivity index (χ2v) is 9.89. The van der Waals surface area contributed by atoms with E-state index in [-0.39, 0.29) is 30.5 Å². The van der Waals surface area contributed by atoms with Crippen LogP contribution in [0.3, 0.4) is 0 Å². The zero-order valence-corrected chi connectivity index (χ0v) is 23.0. The number of methoxy groups -OCH3 is 2. The number of Topliss-reactive ketones (excluding diaryl/α,β-unsaturated/α-hetero) is 1. The maximum absolute atomic E-state index is 13.0. The fourth-order valence-electron chi connectivity index (χ4n) is 5.19. The third-order valence-corrected chi connectivity index (χ3v) is 7.58. The Morgan fingerprint density at radius 2 is 1.75 bits per heavy atom. The van der Waals surface area contributed by atoms with Gasteiger partial charge in [-0.1, -0.05) is 6.92 Å². The number of aromatic amines is 1. The van der Waals surface area contributed by atoms with E-state index < -0.39 is 5.69 Å². The Hall–Kier alpha value is -4.38. The van der Waals surface area contributed by atoms with Crippen LogP contribution >= 0.6 is 0 Å². The third-order valence-electron chi connectivity index (χ3n) is 7.58. The smallest absolute Gasteiger partial charge is 0.349 e. The van der Waals surface area contributed by atoms with Gasteiger partial charge in [0.2, 0.25) is 0 Å². The first-order valence-electron chi connectivity index (χ1n) is 13.4. The molecule has 0 saturated carbocycles. The van der Waals surface area contributed by atoms with E-state index in [1.807, 2.05) is 17.0 Å². The quantitative estimate of drug-likeness (QED) is 0.306. The normalized spacial score (nSPS) is 14.1. The highest BCUT2D eigenvalue weighted by atomic mass is 16.5. The lowest BCUT2D eigenvalue weighted by molar-refractivity contribution is 0.0643. The monoisotopic (exact) mass is 546 g/mol. The Morgan fingerprint density at radius 1 is 1.02 bits per heavy atom. The summed E-state index contributed by atoms with van der Waals surface area (Å²) in [5.41, 5.74) is 8.10. The van der Waals surface area contributed by atoms with Crippen LogP contribution in [0.15, 0.2) is 41.2 Å². The fraction of sp³-hybridized carbons (Fsp3) is 0.379. The number of anilines is 1. The summed E-state index contributed by atoms with van der Waals surface area (Å²) in [4.78, 5) is 50.2. The number of hydrogen-bond acceptors (Lipinski definition) is 8. The van der Waals surface area contributed by atoms with Gasteiger partial charge in [-0.3, -0.25) is 14.2 Å². The lowest BCUT2D eigenvalue weighted by Crippen LogP contribution is -2.48. The largest absolute Gasteiger partial charge is 0.493 e. The standard InChI is InChI=1S/C29H34N6O5/c1-4-33-10-12-34(13-11-33)28(37)18-7-8-21-19(14-18)15-23(31-21)24(36)6-5-9-35-27(30)20-16-25(39-2)26(40-3)17-22(20)32-29(35)38/h7-8,14-17,31H,4-6,9-13,30H2,1-3H3. The fourth-order valence-corrected chi connectivity index (χ4v) is 5.19. The van der Waals surface area contributed by atoms with Gasteiger partial charge >= 0.3 is 5.69 Å². The first-order valence-corrected chi connectivity index (χ1v) is 13.4. The Balaban J connectivity index is 1.26. The molecule has 0 radical (unpaired) electrons. The Kier molecular flexibility index (Phi) is 7.74. The summed E-state index contributed by atoms with van der Waals surface area (Å²) in [6, 6.07) is 10.6. The van der Waals surface area contributed by atoms with Crippen molar-refractivity contribution in [1.29, 1.82) is 0 Å². The number of nitrogens with one attached hydrogen (secondary N) is 1.